The summed E-state index contributed by atoms with van der Waals surface area (Å²) in [6.07, 6.45) is 2.18. The van der Waals surface area contributed by atoms with Gasteiger partial charge in [-0.15, -0.1) is 0 Å². The van der Waals surface area contributed by atoms with E-state index in [9.17, 15) is 4.39 Å². The minimum atomic E-state index is -0.182. The zero-order valence-corrected chi connectivity index (χ0v) is 15.7. The average Bonchev–Trinajstić information content (AvgIpc) is 2.63. The Labute approximate surface area is 153 Å². The van der Waals surface area contributed by atoms with Crippen LogP contribution >= 0.6 is 0 Å². The van der Waals surface area contributed by atoms with E-state index in [1.807, 2.05) is 36.4 Å². The van der Waals surface area contributed by atoms with Gasteiger partial charge in [0.2, 0.25) is 0 Å². The Morgan fingerprint density at radius 3 is 2.00 bits per heavy atom. The second-order valence-electron chi connectivity index (χ2n) is 6.49. The van der Waals surface area contributed by atoms with Crippen molar-refractivity contribution < 1.29 is 4.39 Å². The highest BCUT2D eigenvalue weighted by Crippen LogP contribution is 2.29. The molecule has 1 atom stereocenters. The van der Waals surface area contributed by atoms with E-state index >= 15 is 0 Å². The maximum atomic E-state index is 14.7. The first kappa shape index (κ1) is 17.6. The molecule has 25 heavy (non-hydrogen) atoms. The van der Waals surface area contributed by atoms with Crippen LogP contribution in [0.4, 0.5) is 4.39 Å². The van der Waals surface area contributed by atoms with Crippen LogP contribution in [0.25, 0.3) is 22.3 Å². The fraction of sp³-hybridized carbons (Fsp3) is 0.217. The summed E-state index contributed by atoms with van der Waals surface area (Å²) in [6.45, 7) is 4.25. The number of hydrogen-bond donors (Lipinski definition) is 0. The van der Waals surface area contributed by atoms with Crippen LogP contribution in [0, 0.1) is 5.82 Å². The van der Waals surface area contributed by atoms with Crippen LogP contribution < -0.4 is 0 Å². The third-order valence-corrected chi connectivity index (χ3v) is 4.85. The molecule has 0 aliphatic carbocycles. The topological polar surface area (TPSA) is 0 Å². The van der Waals surface area contributed by atoms with Crippen molar-refractivity contribution in [1.82, 2.24) is 0 Å². The van der Waals surface area contributed by atoms with Crippen LogP contribution in [0.5, 0.6) is 0 Å². The summed E-state index contributed by atoms with van der Waals surface area (Å²) in [6, 6.07) is 21.9. The second-order valence-corrected chi connectivity index (χ2v) is 7.35. The van der Waals surface area contributed by atoms with Gasteiger partial charge in [-0.05, 0) is 45.8 Å². The Kier molecular flexibility index (Phi) is 5.49. The number of rotatable bonds is 5. The number of halogens is 1. The summed E-state index contributed by atoms with van der Waals surface area (Å²) in [7, 11) is 3.62. The second kappa shape index (κ2) is 7.79. The van der Waals surface area contributed by atoms with Crippen molar-refractivity contribution in [1.29, 1.82) is 0 Å². The van der Waals surface area contributed by atoms with Gasteiger partial charge in [0.15, 0.2) is 0 Å². The SMILES string of the molecule is CCCc1ccc(-c2ccc(-c3ccc(C(C)[Si])cc3)cc2F)cc1. The van der Waals surface area contributed by atoms with Crippen molar-refractivity contribution in [3.63, 3.8) is 0 Å². The van der Waals surface area contributed by atoms with Crippen molar-refractivity contribution in [2.75, 3.05) is 0 Å². The van der Waals surface area contributed by atoms with Gasteiger partial charge in [-0.2, -0.15) is 0 Å². The number of benzene rings is 3. The van der Waals surface area contributed by atoms with E-state index < -0.39 is 0 Å². The van der Waals surface area contributed by atoms with Crippen LogP contribution in [0.3, 0.4) is 0 Å². The quantitative estimate of drug-likeness (QED) is 0.473. The first-order valence-electron chi connectivity index (χ1n) is 8.79. The van der Waals surface area contributed by atoms with E-state index in [1.54, 1.807) is 6.07 Å². The van der Waals surface area contributed by atoms with E-state index in [2.05, 4.69) is 48.4 Å². The van der Waals surface area contributed by atoms with Crippen LogP contribution in [0.2, 0.25) is 0 Å². The molecule has 0 fully saturated rings. The Morgan fingerprint density at radius 2 is 1.44 bits per heavy atom. The zero-order chi connectivity index (χ0) is 17.8. The van der Waals surface area contributed by atoms with E-state index in [0.29, 0.717) is 11.1 Å². The fourth-order valence-corrected chi connectivity index (χ4v) is 3.23. The Balaban J connectivity index is 1.87. The lowest BCUT2D eigenvalue weighted by Crippen LogP contribution is -1.92. The average molecular weight is 346 g/mol. The zero-order valence-electron chi connectivity index (χ0n) is 14.7. The molecule has 3 aromatic rings. The van der Waals surface area contributed by atoms with Crippen molar-refractivity contribution in [3.05, 3.63) is 83.7 Å². The van der Waals surface area contributed by atoms with E-state index in [0.717, 1.165) is 29.5 Å². The molecule has 1 unspecified atom stereocenters. The van der Waals surface area contributed by atoms with Crippen LogP contribution in [-0.2, 0) is 6.42 Å². The van der Waals surface area contributed by atoms with E-state index in [1.165, 1.54) is 11.1 Å². The van der Waals surface area contributed by atoms with Crippen LogP contribution in [0.15, 0.2) is 66.7 Å². The minimum Gasteiger partial charge on any atom is -0.206 e. The molecule has 3 aromatic carbocycles. The van der Waals surface area contributed by atoms with Gasteiger partial charge in [-0.25, -0.2) is 4.39 Å². The Bertz CT molecular complexity index is 833. The molecule has 0 nitrogen and oxygen atoms in total. The van der Waals surface area contributed by atoms with Crippen molar-refractivity contribution >= 4 is 10.2 Å². The van der Waals surface area contributed by atoms with Gasteiger partial charge in [-0.3, -0.25) is 0 Å². The number of aryl methyl sites for hydroxylation is 1. The smallest absolute Gasteiger partial charge is 0.131 e. The molecule has 0 saturated heterocycles. The highest BCUT2D eigenvalue weighted by molar-refractivity contribution is 6.12. The summed E-state index contributed by atoms with van der Waals surface area (Å²) in [4.78, 5) is 0. The third-order valence-electron chi connectivity index (χ3n) is 4.52. The van der Waals surface area contributed by atoms with Crippen molar-refractivity contribution in [2.24, 2.45) is 0 Å². The van der Waals surface area contributed by atoms with Gasteiger partial charge in [0.05, 0.1) is 0 Å². The summed E-state index contributed by atoms with van der Waals surface area (Å²) in [5, 5.41) is 0. The predicted molar refractivity (Wildman–Crippen MR) is 105 cm³/mol. The normalized spacial score (nSPS) is 12.2. The molecule has 0 N–H and O–H groups in total. The fourth-order valence-electron chi connectivity index (χ4n) is 3.03. The van der Waals surface area contributed by atoms with Gasteiger partial charge >= 0.3 is 0 Å². The maximum absolute atomic E-state index is 14.7. The number of hydrogen-bond acceptors (Lipinski definition) is 0. The first-order chi connectivity index (χ1) is 12.1. The van der Waals surface area contributed by atoms with Gasteiger partial charge in [-0.1, -0.05) is 80.9 Å². The van der Waals surface area contributed by atoms with Crippen LogP contribution in [0.1, 0.15) is 36.9 Å². The molecular formula is C23H22FSi. The monoisotopic (exact) mass is 345 g/mol. The molecule has 0 heterocycles. The first-order valence-corrected chi connectivity index (χ1v) is 9.36. The summed E-state index contributed by atoms with van der Waals surface area (Å²) in [5.74, 6) is -0.182. The Hall–Kier alpha value is -2.19. The van der Waals surface area contributed by atoms with Gasteiger partial charge in [0.25, 0.3) is 0 Å². The van der Waals surface area contributed by atoms with E-state index in [4.69, 9.17) is 0 Å². The molecule has 3 rings (SSSR count). The predicted octanol–water partition coefficient (Wildman–Crippen LogP) is 6.34. The lowest BCUT2D eigenvalue weighted by Gasteiger charge is -2.10. The molecule has 0 aromatic heterocycles. The summed E-state index contributed by atoms with van der Waals surface area (Å²) < 4.78 is 14.7. The molecule has 2 heteroatoms. The molecule has 125 valence electrons. The third kappa shape index (κ3) is 4.08. The summed E-state index contributed by atoms with van der Waals surface area (Å²) >= 11 is 0. The highest BCUT2D eigenvalue weighted by atomic mass is 28.1. The molecule has 0 amide bonds. The Morgan fingerprint density at radius 1 is 0.840 bits per heavy atom. The van der Waals surface area contributed by atoms with Gasteiger partial charge in [0.1, 0.15) is 5.82 Å². The molecular weight excluding hydrogens is 323 g/mol. The van der Waals surface area contributed by atoms with Gasteiger partial charge in [0, 0.05) is 15.8 Å². The molecule has 0 bridgehead atoms. The van der Waals surface area contributed by atoms with E-state index in [-0.39, 0.29) is 5.82 Å². The molecule has 0 aliphatic heterocycles. The van der Waals surface area contributed by atoms with Crippen LogP contribution in [-0.4, -0.2) is 10.2 Å². The molecule has 0 spiro atoms. The minimum absolute atomic E-state index is 0.182. The lowest BCUT2D eigenvalue weighted by molar-refractivity contribution is 0.632. The van der Waals surface area contributed by atoms with Gasteiger partial charge < -0.3 is 0 Å². The highest BCUT2D eigenvalue weighted by Gasteiger charge is 2.08. The lowest BCUT2D eigenvalue weighted by atomic mass is 9.97. The molecule has 0 saturated carbocycles. The van der Waals surface area contributed by atoms with Crippen molar-refractivity contribution in [2.45, 2.75) is 32.2 Å². The molecule has 0 aliphatic rings. The standard InChI is InChI=1S/C23H22FSi/c1-3-4-17-5-7-20(8-6-17)22-14-13-21(15-23(22)24)19-11-9-18(10-12-19)16(2)25/h5-16H,3-4H2,1-2H3. The molecule has 3 radical (unpaired) electrons. The van der Waals surface area contributed by atoms with Crippen molar-refractivity contribution in [3.8, 4) is 22.3 Å². The summed E-state index contributed by atoms with van der Waals surface area (Å²) in [5.41, 5.74) is 6.32. The maximum Gasteiger partial charge on any atom is 0.131 e. The largest absolute Gasteiger partial charge is 0.206 e.